The van der Waals surface area contributed by atoms with Crippen molar-refractivity contribution in [3.05, 3.63) is 89.8 Å². The van der Waals surface area contributed by atoms with Gasteiger partial charge in [-0.3, -0.25) is 4.68 Å². The number of hydrogen-bond donors (Lipinski definition) is 2. The molecule has 0 radical (unpaired) electrons. The molecule has 1 aliphatic heterocycles. The van der Waals surface area contributed by atoms with Gasteiger partial charge >= 0.3 is 0 Å². The van der Waals surface area contributed by atoms with Crippen molar-refractivity contribution in [2.75, 3.05) is 18.5 Å². The van der Waals surface area contributed by atoms with Crippen LogP contribution in [0.15, 0.2) is 67.0 Å². The molecule has 0 bridgehead atoms. The Kier molecular flexibility index (Phi) is 6.22. The zero-order valence-corrected chi connectivity index (χ0v) is 21.3. The number of nitrogens with zero attached hydrogens (tertiary/aromatic N) is 4. The minimum atomic E-state index is -0.232. The molecule has 4 heterocycles. The molecule has 0 amide bonds. The number of nitrogens with one attached hydrogen (secondary N) is 2. The molecule has 2 N–H and O–H groups in total. The van der Waals surface area contributed by atoms with E-state index in [0.29, 0.717) is 6.54 Å². The van der Waals surface area contributed by atoms with Gasteiger partial charge in [0, 0.05) is 58.9 Å². The molecule has 1 aliphatic rings. The highest BCUT2D eigenvalue weighted by Crippen LogP contribution is 2.35. The van der Waals surface area contributed by atoms with Crippen molar-refractivity contribution in [2.45, 2.75) is 39.7 Å². The molecule has 2 aromatic carbocycles. The lowest BCUT2D eigenvalue weighted by Crippen LogP contribution is -2.34. The average molecular weight is 495 g/mol. The van der Waals surface area contributed by atoms with Crippen molar-refractivity contribution in [3.63, 3.8) is 0 Å². The number of piperidine rings is 1. The Balaban J connectivity index is 1.29. The number of hydrazine groups is 1. The molecule has 6 rings (SSSR count). The van der Waals surface area contributed by atoms with E-state index >= 15 is 0 Å². The summed E-state index contributed by atoms with van der Waals surface area (Å²) >= 11 is 0. The van der Waals surface area contributed by atoms with Gasteiger partial charge in [-0.05, 0) is 68.1 Å². The van der Waals surface area contributed by atoms with Gasteiger partial charge in [0.2, 0.25) is 0 Å². The van der Waals surface area contributed by atoms with Gasteiger partial charge in [0.1, 0.15) is 11.5 Å². The molecule has 3 aromatic heterocycles. The van der Waals surface area contributed by atoms with E-state index in [4.69, 9.17) is 10.1 Å². The first-order valence-corrected chi connectivity index (χ1v) is 12.9. The highest BCUT2D eigenvalue weighted by molar-refractivity contribution is 5.97. The fourth-order valence-electron chi connectivity index (χ4n) is 5.34. The van der Waals surface area contributed by atoms with Gasteiger partial charge in [-0.25, -0.2) is 14.4 Å². The molecular formula is C30H31FN6. The Morgan fingerprint density at radius 3 is 2.57 bits per heavy atom. The molecule has 1 fully saturated rings. The van der Waals surface area contributed by atoms with Gasteiger partial charge in [0.25, 0.3) is 0 Å². The van der Waals surface area contributed by atoms with E-state index in [1.165, 1.54) is 25.3 Å². The van der Waals surface area contributed by atoms with Crippen molar-refractivity contribution in [3.8, 4) is 22.3 Å². The topological polar surface area (TPSA) is 61.8 Å². The molecule has 6 nitrogen and oxygen atoms in total. The van der Waals surface area contributed by atoms with Crippen LogP contribution in [0.1, 0.15) is 36.2 Å². The molecule has 7 heteroatoms. The number of fused-ring (bicyclic) bond motifs is 1. The van der Waals surface area contributed by atoms with Crippen LogP contribution in [0.3, 0.4) is 0 Å². The van der Waals surface area contributed by atoms with Crippen LogP contribution in [0.4, 0.5) is 10.1 Å². The Hall–Kier alpha value is -3.97. The number of aromatic amines is 1. The largest absolute Gasteiger partial charge is 0.346 e. The zero-order chi connectivity index (χ0) is 25.4. The highest BCUT2D eigenvalue weighted by atomic mass is 19.1. The first-order valence-electron chi connectivity index (χ1n) is 12.9. The fourth-order valence-corrected chi connectivity index (χ4v) is 5.34. The third-order valence-electron chi connectivity index (χ3n) is 7.26. The third-order valence-corrected chi connectivity index (χ3v) is 7.26. The minimum Gasteiger partial charge on any atom is -0.346 e. The van der Waals surface area contributed by atoms with E-state index in [-0.39, 0.29) is 5.82 Å². The summed E-state index contributed by atoms with van der Waals surface area (Å²) in [5, 5.41) is 8.15. The maximum Gasteiger partial charge on any atom is 0.137 e. The molecule has 0 spiro atoms. The van der Waals surface area contributed by atoms with Crippen molar-refractivity contribution in [1.82, 2.24) is 24.8 Å². The predicted molar refractivity (Wildman–Crippen MR) is 147 cm³/mol. The van der Waals surface area contributed by atoms with Crippen LogP contribution in [-0.2, 0) is 6.54 Å². The number of H-pyrrole nitrogens is 1. The first-order chi connectivity index (χ1) is 18.0. The number of pyridine rings is 1. The van der Waals surface area contributed by atoms with E-state index in [1.54, 1.807) is 12.1 Å². The van der Waals surface area contributed by atoms with Gasteiger partial charge in [0.15, 0.2) is 0 Å². The smallest absolute Gasteiger partial charge is 0.137 e. The van der Waals surface area contributed by atoms with Crippen molar-refractivity contribution < 1.29 is 4.39 Å². The maximum absolute atomic E-state index is 13.7. The summed E-state index contributed by atoms with van der Waals surface area (Å²) in [5.41, 5.74) is 12.7. The second kappa shape index (κ2) is 9.82. The lowest BCUT2D eigenvalue weighted by Gasteiger charge is -2.27. The van der Waals surface area contributed by atoms with E-state index in [0.717, 1.165) is 69.0 Å². The van der Waals surface area contributed by atoms with E-state index in [2.05, 4.69) is 52.7 Å². The van der Waals surface area contributed by atoms with Gasteiger partial charge in [-0.15, -0.1) is 0 Å². The van der Waals surface area contributed by atoms with E-state index in [1.807, 2.05) is 30.1 Å². The van der Waals surface area contributed by atoms with Crippen molar-refractivity contribution in [2.24, 2.45) is 0 Å². The molecule has 5 aromatic rings. The first kappa shape index (κ1) is 23.4. The Bertz CT molecular complexity index is 1540. The molecule has 0 aliphatic carbocycles. The Morgan fingerprint density at radius 2 is 1.78 bits per heavy atom. The van der Waals surface area contributed by atoms with Crippen molar-refractivity contribution >= 4 is 16.7 Å². The lowest BCUT2D eigenvalue weighted by atomic mass is 10.0. The second-order valence-electron chi connectivity index (χ2n) is 9.89. The zero-order valence-electron chi connectivity index (χ0n) is 21.3. The minimum absolute atomic E-state index is 0.232. The summed E-state index contributed by atoms with van der Waals surface area (Å²) in [7, 11) is 0. The Labute approximate surface area is 216 Å². The van der Waals surface area contributed by atoms with E-state index < -0.39 is 0 Å². The maximum atomic E-state index is 13.7. The number of aromatic nitrogens is 4. The molecule has 1 saturated heterocycles. The summed E-state index contributed by atoms with van der Waals surface area (Å²) in [6, 6.07) is 17.5. The third kappa shape index (κ3) is 4.74. The molecular weight excluding hydrogens is 463 g/mol. The second-order valence-corrected chi connectivity index (χ2v) is 9.89. The number of hydrogen-bond acceptors (Lipinski definition) is 4. The highest BCUT2D eigenvalue weighted by Gasteiger charge is 2.18. The summed E-state index contributed by atoms with van der Waals surface area (Å²) in [6.07, 6.45) is 7.75. The molecule has 0 unspecified atom stereocenters. The monoisotopic (exact) mass is 494 g/mol. The van der Waals surface area contributed by atoms with Crippen LogP contribution in [0.25, 0.3) is 33.3 Å². The lowest BCUT2D eigenvalue weighted by molar-refractivity contribution is 0.273. The van der Waals surface area contributed by atoms with Gasteiger partial charge < -0.3 is 10.4 Å². The predicted octanol–water partition coefficient (Wildman–Crippen LogP) is 6.71. The number of anilines is 1. The van der Waals surface area contributed by atoms with Crippen LogP contribution in [0.2, 0.25) is 0 Å². The summed E-state index contributed by atoms with van der Waals surface area (Å²) in [4.78, 5) is 8.04. The van der Waals surface area contributed by atoms with Crippen LogP contribution < -0.4 is 5.43 Å². The molecule has 37 heavy (non-hydrogen) atoms. The molecule has 188 valence electrons. The van der Waals surface area contributed by atoms with Crippen LogP contribution in [0, 0.1) is 19.7 Å². The number of benzene rings is 2. The normalized spacial score (nSPS) is 14.4. The molecule has 0 saturated carbocycles. The van der Waals surface area contributed by atoms with Crippen LogP contribution in [-0.4, -0.2) is 37.8 Å². The van der Waals surface area contributed by atoms with Gasteiger partial charge in [-0.1, -0.05) is 30.7 Å². The van der Waals surface area contributed by atoms with Crippen LogP contribution in [0.5, 0.6) is 0 Å². The number of rotatable bonds is 6. The summed E-state index contributed by atoms with van der Waals surface area (Å²) in [6.45, 7) is 6.80. The SMILES string of the molecule is Cc1nn(Cc2cccc(F)c2)c(C)c1-c1c[nH]c2ncc(-c3ccc(NN4CCCCC4)cc3)cc12. The van der Waals surface area contributed by atoms with E-state index in [9.17, 15) is 4.39 Å². The number of halogens is 1. The quantitative estimate of drug-likeness (QED) is 0.275. The Morgan fingerprint density at radius 1 is 0.973 bits per heavy atom. The standard InChI is InChI=1S/C30H31FN6/c1-20-29(21(2)37(34-20)19-22-7-6-8-25(31)15-22)28-18-33-30-27(28)16-24(17-32-30)23-9-11-26(12-10-23)35-36-13-4-3-5-14-36/h6-12,15-18,35H,3-5,13-14,19H2,1-2H3,(H,32,33). The number of aryl methyl sites for hydroxylation is 1. The summed E-state index contributed by atoms with van der Waals surface area (Å²) < 4.78 is 15.7. The summed E-state index contributed by atoms with van der Waals surface area (Å²) in [5.74, 6) is -0.232. The van der Waals surface area contributed by atoms with Crippen LogP contribution >= 0.6 is 0 Å². The van der Waals surface area contributed by atoms with Gasteiger partial charge in [0.05, 0.1) is 12.2 Å². The molecule has 0 atom stereocenters. The van der Waals surface area contributed by atoms with Gasteiger partial charge in [-0.2, -0.15) is 5.10 Å². The average Bonchev–Trinajstić information content (AvgIpc) is 3.44. The van der Waals surface area contributed by atoms with Crippen molar-refractivity contribution in [1.29, 1.82) is 0 Å². The fraction of sp³-hybridized carbons (Fsp3) is 0.267.